The average Bonchev–Trinajstić information content (AvgIpc) is 2.34. The minimum absolute atomic E-state index is 0.820. The molecule has 1 aliphatic rings. The van der Waals surface area contributed by atoms with E-state index in [0.29, 0.717) is 0 Å². The molecule has 0 bridgehead atoms. The number of halogens is 1. The van der Waals surface area contributed by atoms with Gasteiger partial charge in [-0.05, 0) is 63.6 Å². The molecule has 2 rings (SSSR count). The molecule has 0 amide bonds. The molecule has 0 spiro atoms. The molecule has 0 aliphatic carbocycles. The van der Waals surface area contributed by atoms with Crippen LogP contribution in [0.5, 0.6) is 0 Å². The van der Waals surface area contributed by atoms with E-state index in [1.807, 2.05) is 12.1 Å². The molecule has 19 heavy (non-hydrogen) atoms. The quantitative estimate of drug-likeness (QED) is 0.864. The van der Waals surface area contributed by atoms with Crippen LogP contribution in [0, 0.1) is 5.92 Å². The minimum Gasteiger partial charge on any atom is -0.399 e. The number of nitrogens with two attached hydrogens (primary N) is 1. The van der Waals surface area contributed by atoms with Gasteiger partial charge in [0.05, 0.1) is 0 Å². The van der Waals surface area contributed by atoms with Gasteiger partial charge in [0.15, 0.2) is 0 Å². The fraction of sp³-hybridized carbons (Fsp3) is 0.600. The second kappa shape index (κ2) is 6.73. The van der Waals surface area contributed by atoms with Crippen molar-refractivity contribution in [2.24, 2.45) is 5.92 Å². The maximum Gasteiger partial charge on any atom is 0.0325 e. The van der Waals surface area contributed by atoms with E-state index < -0.39 is 0 Å². The van der Waals surface area contributed by atoms with Gasteiger partial charge in [0, 0.05) is 23.2 Å². The molecule has 3 nitrogen and oxygen atoms in total. The van der Waals surface area contributed by atoms with Gasteiger partial charge in [-0.15, -0.1) is 0 Å². The Labute approximate surface area is 124 Å². The normalized spacial score (nSPS) is 18.1. The van der Waals surface area contributed by atoms with Crippen LogP contribution in [0.2, 0.25) is 0 Å². The number of hydrogen-bond donors (Lipinski definition) is 1. The second-order valence-electron chi connectivity index (χ2n) is 5.83. The first-order valence-electron chi connectivity index (χ1n) is 6.95. The van der Waals surface area contributed by atoms with Crippen molar-refractivity contribution in [2.75, 3.05) is 39.5 Å². The summed E-state index contributed by atoms with van der Waals surface area (Å²) in [6, 6.07) is 6.11. The highest BCUT2D eigenvalue weighted by Crippen LogP contribution is 2.24. The molecule has 0 unspecified atom stereocenters. The van der Waals surface area contributed by atoms with Crippen LogP contribution >= 0.6 is 15.9 Å². The van der Waals surface area contributed by atoms with Crippen LogP contribution in [-0.2, 0) is 6.54 Å². The Kier molecular flexibility index (Phi) is 5.25. The average molecular weight is 326 g/mol. The Bertz CT molecular complexity index is 412. The number of hydrogen-bond acceptors (Lipinski definition) is 3. The third-order valence-corrected chi connectivity index (χ3v) is 4.54. The molecule has 1 heterocycles. The van der Waals surface area contributed by atoms with Gasteiger partial charge in [0.25, 0.3) is 0 Å². The summed E-state index contributed by atoms with van der Waals surface area (Å²) in [5, 5.41) is 0. The molecule has 4 heteroatoms. The standard InChI is InChI=1S/C15H24BrN3/c1-18(2)10-12-5-7-19(8-6-12)11-13-3-4-14(17)9-15(13)16/h3-4,9,12H,5-8,10-11,17H2,1-2H3. The molecule has 1 aromatic rings. The number of benzene rings is 1. The maximum atomic E-state index is 5.78. The molecular formula is C15H24BrN3. The molecule has 0 aromatic heterocycles. The van der Waals surface area contributed by atoms with Gasteiger partial charge in [-0.1, -0.05) is 22.0 Å². The van der Waals surface area contributed by atoms with Crippen molar-refractivity contribution in [1.29, 1.82) is 0 Å². The highest BCUT2D eigenvalue weighted by Gasteiger charge is 2.20. The first kappa shape index (κ1) is 14.8. The molecule has 1 saturated heterocycles. The topological polar surface area (TPSA) is 32.5 Å². The number of anilines is 1. The van der Waals surface area contributed by atoms with E-state index in [4.69, 9.17) is 5.73 Å². The molecule has 1 fully saturated rings. The van der Waals surface area contributed by atoms with Gasteiger partial charge in [-0.2, -0.15) is 0 Å². The number of likely N-dealkylation sites (tertiary alicyclic amines) is 1. The molecule has 0 saturated carbocycles. The van der Waals surface area contributed by atoms with Crippen molar-refractivity contribution < 1.29 is 0 Å². The fourth-order valence-electron chi connectivity index (χ4n) is 2.78. The summed E-state index contributed by atoms with van der Waals surface area (Å²) in [5.41, 5.74) is 7.93. The SMILES string of the molecule is CN(C)CC1CCN(Cc2ccc(N)cc2Br)CC1. The van der Waals surface area contributed by atoms with E-state index >= 15 is 0 Å². The summed E-state index contributed by atoms with van der Waals surface area (Å²) in [5.74, 6) is 0.862. The van der Waals surface area contributed by atoms with Gasteiger partial charge < -0.3 is 10.6 Å². The Hall–Kier alpha value is -0.580. The van der Waals surface area contributed by atoms with Crippen LogP contribution in [0.15, 0.2) is 22.7 Å². The Morgan fingerprint density at radius 2 is 2.00 bits per heavy atom. The van der Waals surface area contributed by atoms with E-state index in [2.05, 4.69) is 45.9 Å². The molecule has 1 aromatic carbocycles. The summed E-state index contributed by atoms with van der Waals surface area (Å²) >= 11 is 3.61. The zero-order valence-corrected chi connectivity index (χ0v) is 13.5. The number of rotatable bonds is 4. The van der Waals surface area contributed by atoms with Crippen LogP contribution in [0.1, 0.15) is 18.4 Å². The summed E-state index contributed by atoms with van der Waals surface area (Å²) in [6.07, 6.45) is 2.62. The van der Waals surface area contributed by atoms with Crippen molar-refractivity contribution in [2.45, 2.75) is 19.4 Å². The van der Waals surface area contributed by atoms with Crippen LogP contribution in [0.4, 0.5) is 5.69 Å². The summed E-state index contributed by atoms with van der Waals surface area (Å²) in [4.78, 5) is 4.85. The largest absolute Gasteiger partial charge is 0.399 e. The Balaban J connectivity index is 1.85. The first-order chi connectivity index (χ1) is 9.04. The summed E-state index contributed by atoms with van der Waals surface area (Å²) < 4.78 is 1.13. The number of piperidine rings is 1. The van der Waals surface area contributed by atoms with Gasteiger partial charge >= 0.3 is 0 Å². The van der Waals surface area contributed by atoms with Crippen LogP contribution in [0.3, 0.4) is 0 Å². The molecule has 1 aliphatic heterocycles. The summed E-state index contributed by atoms with van der Waals surface area (Å²) in [7, 11) is 4.33. The summed E-state index contributed by atoms with van der Waals surface area (Å²) in [6.45, 7) is 4.65. The van der Waals surface area contributed by atoms with Crippen LogP contribution in [0.25, 0.3) is 0 Å². The van der Waals surface area contributed by atoms with Crippen molar-refractivity contribution in [3.05, 3.63) is 28.2 Å². The minimum atomic E-state index is 0.820. The molecule has 0 atom stereocenters. The third kappa shape index (κ3) is 4.48. The lowest BCUT2D eigenvalue weighted by Crippen LogP contribution is -2.36. The van der Waals surface area contributed by atoms with E-state index in [1.165, 1.54) is 38.0 Å². The highest BCUT2D eigenvalue weighted by atomic mass is 79.9. The lowest BCUT2D eigenvalue weighted by atomic mass is 9.96. The van der Waals surface area contributed by atoms with Gasteiger partial charge in [0.1, 0.15) is 0 Å². The maximum absolute atomic E-state index is 5.78. The van der Waals surface area contributed by atoms with Crippen molar-refractivity contribution in [1.82, 2.24) is 9.80 Å². The van der Waals surface area contributed by atoms with E-state index in [9.17, 15) is 0 Å². The monoisotopic (exact) mass is 325 g/mol. The van der Waals surface area contributed by atoms with E-state index in [0.717, 1.165) is 22.6 Å². The highest BCUT2D eigenvalue weighted by molar-refractivity contribution is 9.10. The van der Waals surface area contributed by atoms with Crippen LogP contribution < -0.4 is 5.73 Å². The zero-order chi connectivity index (χ0) is 13.8. The molecule has 2 N–H and O–H groups in total. The Morgan fingerprint density at radius 1 is 1.32 bits per heavy atom. The molecule has 0 radical (unpaired) electrons. The second-order valence-corrected chi connectivity index (χ2v) is 6.69. The van der Waals surface area contributed by atoms with Crippen molar-refractivity contribution in [3.63, 3.8) is 0 Å². The van der Waals surface area contributed by atoms with Crippen LogP contribution in [-0.4, -0.2) is 43.5 Å². The van der Waals surface area contributed by atoms with Gasteiger partial charge in [0.2, 0.25) is 0 Å². The third-order valence-electron chi connectivity index (χ3n) is 3.80. The first-order valence-corrected chi connectivity index (χ1v) is 7.75. The van der Waals surface area contributed by atoms with Gasteiger partial charge in [-0.25, -0.2) is 0 Å². The van der Waals surface area contributed by atoms with Crippen molar-refractivity contribution in [3.8, 4) is 0 Å². The van der Waals surface area contributed by atoms with Gasteiger partial charge in [-0.3, -0.25) is 4.90 Å². The lowest BCUT2D eigenvalue weighted by molar-refractivity contribution is 0.156. The predicted molar refractivity (Wildman–Crippen MR) is 85.1 cm³/mol. The predicted octanol–water partition coefficient (Wildman–Crippen LogP) is 2.80. The zero-order valence-electron chi connectivity index (χ0n) is 11.9. The number of nitrogen functional groups attached to an aromatic ring is 1. The van der Waals surface area contributed by atoms with E-state index in [1.54, 1.807) is 0 Å². The molecular weight excluding hydrogens is 302 g/mol. The molecule has 106 valence electrons. The van der Waals surface area contributed by atoms with Crippen molar-refractivity contribution >= 4 is 21.6 Å². The smallest absolute Gasteiger partial charge is 0.0325 e. The Morgan fingerprint density at radius 3 is 2.58 bits per heavy atom. The fourth-order valence-corrected chi connectivity index (χ4v) is 3.30. The lowest BCUT2D eigenvalue weighted by Gasteiger charge is -2.33. The number of nitrogens with zero attached hydrogens (tertiary/aromatic N) is 2. The van der Waals surface area contributed by atoms with E-state index in [-0.39, 0.29) is 0 Å².